The minimum absolute atomic E-state index is 0.654. The van der Waals surface area contributed by atoms with E-state index in [9.17, 15) is 0 Å². The number of rotatable bonds is 2. The van der Waals surface area contributed by atoms with Crippen molar-refractivity contribution in [2.24, 2.45) is 0 Å². The fraction of sp³-hybridized carbons (Fsp3) is 0.545. The van der Waals surface area contributed by atoms with Crippen LogP contribution in [0.15, 0.2) is 18.3 Å². The number of hydrogen-bond donors (Lipinski definition) is 1. The summed E-state index contributed by atoms with van der Waals surface area (Å²) in [6, 6.07) is 4.69. The fourth-order valence-electron chi connectivity index (χ4n) is 2.11. The molecule has 2 N–H and O–H groups in total. The summed E-state index contributed by atoms with van der Waals surface area (Å²) in [7, 11) is 2.18. The van der Waals surface area contributed by atoms with Crippen LogP contribution in [0.4, 0.5) is 5.82 Å². The van der Waals surface area contributed by atoms with Crippen molar-refractivity contribution >= 4 is 5.82 Å². The van der Waals surface area contributed by atoms with Crippen LogP contribution in [0.2, 0.25) is 0 Å². The smallest absolute Gasteiger partial charge is 0.126 e. The van der Waals surface area contributed by atoms with E-state index in [1.54, 1.807) is 6.20 Å². The highest BCUT2D eigenvalue weighted by molar-refractivity contribution is 5.38. The van der Waals surface area contributed by atoms with Crippen molar-refractivity contribution in [3.63, 3.8) is 0 Å². The monoisotopic (exact) mass is 191 g/mol. The maximum atomic E-state index is 5.81. The summed E-state index contributed by atoms with van der Waals surface area (Å²) in [4.78, 5) is 6.51. The Bertz CT molecular complexity index is 311. The highest BCUT2D eigenvalue weighted by Crippen LogP contribution is 2.20. The van der Waals surface area contributed by atoms with Crippen LogP contribution in [-0.2, 0) is 6.42 Å². The van der Waals surface area contributed by atoms with Crippen LogP contribution in [0.25, 0.3) is 0 Å². The molecule has 1 aliphatic heterocycles. The zero-order valence-corrected chi connectivity index (χ0v) is 8.61. The Morgan fingerprint density at radius 3 is 3.14 bits per heavy atom. The van der Waals surface area contributed by atoms with Gasteiger partial charge in [0.2, 0.25) is 0 Å². The SMILES string of the molecule is CN1CCCC1Cc1cccnc1N. The van der Waals surface area contributed by atoms with Crippen LogP contribution in [0, 0.1) is 0 Å². The van der Waals surface area contributed by atoms with E-state index in [1.165, 1.54) is 24.9 Å². The Morgan fingerprint density at radius 2 is 2.50 bits per heavy atom. The molecule has 0 aromatic carbocycles. The van der Waals surface area contributed by atoms with Crippen molar-refractivity contribution in [3.05, 3.63) is 23.9 Å². The maximum Gasteiger partial charge on any atom is 0.126 e. The highest BCUT2D eigenvalue weighted by Gasteiger charge is 2.21. The third kappa shape index (κ3) is 1.87. The van der Waals surface area contributed by atoms with E-state index in [2.05, 4.69) is 23.0 Å². The molecule has 0 bridgehead atoms. The second-order valence-electron chi connectivity index (χ2n) is 4.03. The van der Waals surface area contributed by atoms with E-state index < -0.39 is 0 Å². The normalized spacial score (nSPS) is 22.8. The van der Waals surface area contributed by atoms with Crippen molar-refractivity contribution in [2.75, 3.05) is 19.3 Å². The fourth-order valence-corrected chi connectivity index (χ4v) is 2.11. The predicted molar refractivity (Wildman–Crippen MR) is 58.0 cm³/mol. The summed E-state index contributed by atoms with van der Waals surface area (Å²) >= 11 is 0. The third-order valence-corrected chi connectivity index (χ3v) is 3.05. The van der Waals surface area contributed by atoms with Gasteiger partial charge in [0.25, 0.3) is 0 Å². The zero-order chi connectivity index (χ0) is 9.97. The lowest BCUT2D eigenvalue weighted by Gasteiger charge is -2.19. The molecule has 14 heavy (non-hydrogen) atoms. The topological polar surface area (TPSA) is 42.2 Å². The van der Waals surface area contributed by atoms with Crippen LogP contribution < -0.4 is 5.73 Å². The quantitative estimate of drug-likeness (QED) is 0.766. The van der Waals surface area contributed by atoms with Crippen LogP contribution >= 0.6 is 0 Å². The van der Waals surface area contributed by atoms with Crippen molar-refractivity contribution in [1.29, 1.82) is 0 Å². The van der Waals surface area contributed by atoms with Gasteiger partial charge in [0.1, 0.15) is 5.82 Å². The van der Waals surface area contributed by atoms with Crippen molar-refractivity contribution in [2.45, 2.75) is 25.3 Å². The number of anilines is 1. The summed E-state index contributed by atoms with van der Waals surface area (Å²) in [5.74, 6) is 0.688. The minimum Gasteiger partial charge on any atom is -0.383 e. The van der Waals surface area contributed by atoms with Gasteiger partial charge >= 0.3 is 0 Å². The minimum atomic E-state index is 0.654. The molecule has 0 aliphatic carbocycles. The first-order valence-corrected chi connectivity index (χ1v) is 5.17. The molecule has 1 unspecified atom stereocenters. The van der Waals surface area contributed by atoms with E-state index in [4.69, 9.17) is 5.73 Å². The molecule has 1 fully saturated rings. The first-order chi connectivity index (χ1) is 6.77. The van der Waals surface area contributed by atoms with Gasteiger partial charge in [0, 0.05) is 12.2 Å². The number of pyridine rings is 1. The molecule has 2 heterocycles. The van der Waals surface area contributed by atoms with E-state index in [-0.39, 0.29) is 0 Å². The van der Waals surface area contributed by atoms with Gasteiger partial charge < -0.3 is 10.6 Å². The number of likely N-dealkylation sites (N-methyl/N-ethyl adjacent to an activating group) is 1. The van der Waals surface area contributed by atoms with Crippen LogP contribution in [0.5, 0.6) is 0 Å². The molecular formula is C11H17N3. The number of hydrogen-bond acceptors (Lipinski definition) is 3. The number of aromatic nitrogens is 1. The lowest BCUT2D eigenvalue weighted by Crippen LogP contribution is -2.27. The standard InChI is InChI=1S/C11H17N3/c1-14-7-3-5-10(14)8-9-4-2-6-13-11(9)12/h2,4,6,10H,3,5,7-8H2,1H3,(H2,12,13). The third-order valence-electron chi connectivity index (χ3n) is 3.05. The summed E-state index contributed by atoms with van der Waals surface area (Å²) in [6.45, 7) is 1.21. The zero-order valence-electron chi connectivity index (χ0n) is 8.61. The molecule has 3 heteroatoms. The van der Waals surface area contributed by atoms with Gasteiger partial charge in [-0.2, -0.15) is 0 Å². The molecule has 1 aromatic heterocycles. The molecule has 76 valence electrons. The Hall–Kier alpha value is -1.09. The molecule has 2 rings (SSSR count). The average Bonchev–Trinajstić information content (AvgIpc) is 2.56. The molecule has 1 aliphatic rings. The highest BCUT2D eigenvalue weighted by atomic mass is 15.1. The second-order valence-corrected chi connectivity index (χ2v) is 4.03. The Labute approximate surface area is 84.9 Å². The maximum absolute atomic E-state index is 5.81. The van der Waals surface area contributed by atoms with Gasteiger partial charge in [0.15, 0.2) is 0 Å². The summed E-state index contributed by atoms with van der Waals surface area (Å²) in [5, 5.41) is 0. The molecular weight excluding hydrogens is 174 g/mol. The first-order valence-electron chi connectivity index (χ1n) is 5.17. The first kappa shape index (κ1) is 9.46. The van der Waals surface area contributed by atoms with E-state index in [0.717, 1.165) is 6.42 Å². The molecule has 0 spiro atoms. The Morgan fingerprint density at radius 1 is 1.64 bits per heavy atom. The van der Waals surface area contributed by atoms with Gasteiger partial charge in [-0.25, -0.2) is 4.98 Å². The number of nitrogens with two attached hydrogens (primary N) is 1. The van der Waals surface area contributed by atoms with Crippen LogP contribution in [-0.4, -0.2) is 29.5 Å². The predicted octanol–water partition coefficient (Wildman–Crippen LogP) is 1.30. The lowest BCUT2D eigenvalue weighted by molar-refractivity contribution is 0.309. The van der Waals surface area contributed by atoms with Crippen molar-refractivity contribution in [3.8, 4) is 0 Å². The van der Waals surface area contributed by atoms with Gasteiger partial charge in [-0.05, 0) is 44.5 Å². The van der Waals surface area contributed by atoms with E-state index in [1.807, 2.05) is 6.07 Å². The summed E-state index contributed by atoms with van der Waals surface area (Å²) < 4.78 is 0. The Kier molecular flexibility index (Phi) is 2.68. The van der Waals surface area contributed by atoms with Crippen LogP contribution in [0.1, 0.15) is 18.4 Å². The number of nitrogens with zero attached hydrogens (tertiary/aromatic N) is 2. The molecule has 1 saturated heterocycles. The van der Waals surface area contributed by atoms with E-state index in [0.29, 0.717) is 11.9 Å². The van der Waals surface area contributed by atoms with Crippen molar-refractivity contribution < 1.29 is 0 Å². The van der Waals surface area contributed by atoms with Gasteiger partial charge in [-0.15, -0.1) is 0 Å². The number of nitrogen functional groups attached to an aromatic ring is 1. The van der Waals surface area contributed by atoms with Crippen molar-refractivity contribution in [1.82, 2.24) is 9.88 Å². The molecule has 1 atom stereocenters. The summed E-state index contributed by atoms with van der Waals surface area (Å²) in [5.41, 5.74) is 7.00. The molecule has 0 saturated carbocycles. The second kappa shape index (κ2) is 3.96. The van der Waals surface area contributed by atoms with E-state index >= 15 is 0 Å². The summed E-state index contributed by atoms with van der Waals surface area (Å²) in [6.07, 6.45) is 5.37. The molecule has 0 radical (unpaired) electrons. The number of likely N-dealkylation sites (tertiary alicyclic amines) is 1. The molecule has 1 aromatic rings. The molecule has 0 amide bonds. The average molecular weight is 191 g/mol. The molecule has 3 nitrogen and oxygen atoms in total. The van der Waals surface area contributed by atoms with Crippen LogP contribution in [0.3, 0.4) is 0 Å². The van der Waals surface area contributed by atoms with Gasteiger partial charge in [-0.1, -0.05) is 6.07 Å². The lowest BCUT2D eigenvalue weighted by atomic mass is 10.1. The Balaban J connectivity index is 2.07. The largest absolute Gasteiger partial charge is 0.383 e. The van der Waals surface area contributed by atoms with Gasteiger partial charge in [0.05, 0.1) is 0 Å². The van der Waals surface area contributed by atoms with Gasteiger partial charge in [-0.3, -0.25) is 0 Å².